The zero-order valence-electron chi connectivity index (χ0n) is 17.4. The first-order chi connectivity index (χ1) is 15.5. The highest BCUT2D eigenvalue weighted by Gasteiger charge is 2.60. The van der Waals surface area contributed by atoms with Crippen LogP contribution < -0.4 is 9.47 Å². The molecule has 2 aromatic carbocycles. The quantitative estimate of drug-likeness (QED) is 0.508. The van der Waals surface area contributed by atoms with Crippen LogP contribution in [0.3, 0.4) is 0 Å². The number of rotatable bonds is 5. The highest BCUT2D eigenvalue weighted by atomic mass is 19.4. The smallest absolute Gasteiger partial charge is 0.434 e. The monoisotopic (exact) mass is 477 g/mol. The van der Waals surface area contributed by atoms with Crippen molar-refractivity contribution in [3.63, 3.8) is 0 Å². The van der Waals surface area contributed by atoms with E-state index in [-0.39, 0.29) is 32.0 Å². The van der Waals surface area contributed by atoms with Gasteiger partial charge in [-0.25, -0.2) is 4.79 Å². The van der Waals surface area contributed by atoms with E-state index >= 15 is 0 Å². The molecule has 1 fully saturated rings. The molecule has 180 valence electrons. The predicted octanol–water partition coefficient (Wildman–Crippen LogP) is 5.84. The summed E-state index contributed by atoms with van der Waals surface area (Å²) in [6.07, 6.45) is -17.2. The van der Waals surface area contributed by atoms with Crippen LogP contribution in [0, 0.1) is 0 Å². The van der Waals surface area contributed by atoms with E-state index < -0.39 is 24.5 Å². The van der Waals surface area contributed by atoms with Crippen molar-refractivity contribution in [1.29, 1.82) is 0 Å². The maximum Gasteiger partial charge on any atom is 0.434 e. The van der Waals surface area contributed by atoms with E-state index in [2.05, 4.69) is 4.74 Å². The molecule has 1 amide bonds. The number of alkyl halides is 6. The van der Waals surface area contributed by atoms with Crippen LogP contribution in [-0.4, -0.2) is 55.8 Å². The van der Waals surface area contributed by atoms with Gasteiger partial charge in [0.1, 0.15) is 17.6 Å². The third-order valence-corrected chi connectivity index (χ3v) is 5.05. The average Bonchev–Trinajstić information content (AvgIpc) is 2.76. The predicted molar refractivity (Wildman–Crippen MR) is 106 cm³/mol. The Bertz CT molecular complexity index is 940. The Morgan fingerprint density at radius 2 is 1.42 bits per heavy atom. The fraction of sp³-hybridized carbons (Fsp3) is 0.409. The van der Waals surface area contributed by atoms with Crippen LogP contribution in [0.1, 0.15) is 12.8 Å². The molecule has 3 rings (SSSR count). The second-order valence-electron chi connectivity index (χ2n) is 7.41. The maximum absolute atomic E-state index is 12.6. The van der Waals surface area contributed by atoms with Crippen LogP contribution in [0.2, 0.25) is 0 Å². The van der Waals surface area contributed by atoms with Gasteiger partial charge >= 0.3 is 18.4 Å². The molecule has 1 aliphatic heterocycles. The fourth-order valence-corrected chi connectivity index (χ4v) is 3.39. The van der Waals surface area contributed by atoms with Crippen molar-refractivity contribution in [1.82, 2.24) is 4.90 Å². The lowest BCUT2D eigenvalue weighted by Gasteiger charge is -2.33. The molecule has 0 spiro atoms. The van der Waals surface area contributed by atoms with Gasteiger partial charge in [0.05, 0.1) is 7.11 Å². The van der Waals surface area contributed by atoms with E-state index in [9.17, 15) is 31.1 Å². The summed E-state index contributed by atoms with van der Waals surface area (Å²) in [6.45, 7) is -0.191. The molecule has 0 bridgehead atoms. The van der Waals surface area contributed by atoms with Gasteiger partial charge < -0.3 is 19.1 Å². The minimum Gasteiger partial charge on any atom is -0.497 e. The van der Waals surface area contributed by atoms with Crippen molar-refractivity contribution >= 4 is 6.09 Å². The lowest BCUT2D eigenvalue weighted by Crippen LogP contribution is -2.50. The van der Waals surface area contributed by atoms with E-state index in [1.54, 1.807) is 19.2 Å². The molecule has 0 unspecified atom stereocenters. The van der Waals surface area contributed by atoms with Crippen molar-refractivity contribution in [2.75, 3.05) is 20.2 Å². The maximum atomic E-state index is 12.6. The zero-order valence-corrected chi connectivity index (χ0v) is 17.4. The van der Waals surface area contributed by atoms with Crippen molar-refractivity contribution in [2.45, 2.75) is 37.4 Å². The average molecular weight is 477 g/mol. The largest absolute Gasteiger partial charge is 0.497 e. The Balaban J connectivity index is 1.58. The number of hydrogen-bond acceptors (Lipinski definition) is 4. The standard InChI is InChI=1S/C22H21F6NO4/c1-31-17-6-2-4-14(12-17)15-5-3-7-18(13-15)32-16-8-10-29(11-9-16)20(30)33-19(21(23,24)25)22(26,27)28/h2-7,12-13,16,19H,8-11H2,1H3. The number of methoxy groups -OCH3 is 1. The number of ether oxygens (including phenoxy) is 3. The van der Waals surface area contributed by atoms with Gasteiger partial charge in [0, 0.05) is 25.9 Å². The molecule has 0 aliphatic carbocycles. The number of likely N-dealkylation sites (tertiary alicyclic amines) is 1. The van der Waals surface area contributed by atoms with Crippen LogP contribution in [0.4, 0.5) is 31.1 Å². The second kappa shape index (κ2) is 9.80. The summed E-state index contributed by atoms with van der Waals surface area (Å²) >= 11 is 0. The van der Waals surface area contributed by atoms with Gasteiger partial charge in [0.2, 0.25) is 0 Å². The Labute approximate surface area is 185 Å². The molecule has 2 aromatic rings. The van der Waals surface area contributed by atoms with E-state index in [4.69, 9.17) is 9.47 Å². The zero-order chi connectivity index (χ0) is 24.2. The normalized spacial score (nSPS) is 15.5. The van der Waals surface area contributed by atoms with Gasteiger partial charge in [0.15, 0.2) is 0 Å². The van der Waals surface area contributed by atoms with Gasteiger partial charge in [-0.05, 0) is 35.4 Å². The van der Waals surface area contributed by atoms with Crippen molar-refractivity contribution in [2.24, 2.45) is 0 Å². The number of benzene rings is 2. The molecule has 0 aromatic heterocycles. The minimum atomic E-state index is -5.75. The van der Waals surface area contributed by atoms with E-state index in [0.717, 1.165) is 16.0 Å². The van der Waals surface area contributed by atoms with Gasteiger partial charge in [-0.3, -0.25) is 0 Å². The number of hydrogen-bond donors (Lipinski definition) is 0. The Hall–Kier alpha value is -3.11. The molecule has 0 radical (unpaired) electrons. The number of carbonyl (C=O) groups is 1. The summed E-state index contributed by atoms with van der Waals surface area (Å²) in [7, 11) is 1.56. The molecular weight excluding hydrogens is 456 g/mol. The van der Waals surface area contributed by atoms with Crippen LogP contribution in [-0.2, 0) is 4.74 Å². The summed E-state index contributed by atoms with van der Waals surface area (Å²) < 4.78 is 90.5. The van der Waals surface area contributed by atoms with Gasteiger partial charge in [0.25, 0.3) is 6.10 Å². The molecular formula is C22H21F6NO4. The summed E-state index contributed by atoms with van der Waals surface area (Å²) in [6, 6.07) is 14.7. The summed E-state index contributed by atoms with van der Waals surface area (Å²) in [5, 5.41) is 0. The van der Waals surface area contributed by atoms with Crippen LogP contribution >= 0.6 is 0 Å². The first-order valence-electron chi connectivity index (χ1n) is 9.97. The Morgan fingerprint density at radius 3 is 1.94 bits per heavy atom. The highest BCUT2D eigenvalue weighted by molar-refractivity contribution is 5.68. The van der Waals surface area contributed by atoms with Gasteiger partial charge in [-0.2, -0.15) is 26.3 Å². The van der Waals surface area contributed by atoms with Gasteiger partial charge in [-0.15, -0.1) is 0 Å². The number of halogens is 6. The number of amides is 1. The molecule has 1 saturated heterocycles. The summed E-state index contributed by atoms with van der Waals surface area (Å²) in [4.78, 5) is 12.7. The molecule has 0 atom stereocenters. The second-order valence-corrected chi connectivity index (χ2v) is 7.41. The van der Waals surface area contributed by atoms with Crippen LogP contribution in [0.5, 0.6) is 11.5 Å². The first kappa shape index (κ1) is 24.5. The van der Waals surface area contributed by atoms with Crippen molar-refractivity contribution in [3.05, 3.63) is 48.5 Å². The number of piperidine rings is 1. The molecule has 1 aliphatic rings. The molecule has 33 heavy (non-hydrogen) atoms. The van der Waals surface area contributed by atoms with Crippen LogP contribution in [0.25, 0.3) is 11.1 Å². The van der Waals surface area contributed by atoms with E-state index in [1.807, 2.05) is 36.4 Å². The summed E-state index contributed by atoms with van der Waals surface area (Å²) in [5.41, 5.74) is 1.78. The Kier molecular flexibility index (Phi) is 7.28. The minimum absolute atomic E-state index is 0.0957. The first-order valence-corrected chi connectivity index (χ1v) is 9.97. The molecule has 0 N–H and O–H groups in total. The number of carbonyl (C=O) groups excluding carboxylic acids is 1. The number of nitrogens with zero attached hydrogens (tertiary/aromatic N) is 1. The topological polar surface area (TPSA) is 48.0 Å². The lowest BCUT2D eigenvalue weighted by molar-refractivity contribution is -0.308. The fourth-order valence-electron chi connectivity index (χ4n) is 3.39. The lowest BCUT2D eigenvalue weighted by atomic mass is 10.0. The van der Waals surface area contributed by atoms with Crippen LogP contribution in [0.15, 0.2) is 48.5 Å². The van der Waals surface area contributed by atoms with E-state index in [1.165, 1.54) is 0 Å². The molecule has 11 heteroatoms. The van der Waals surface area contributed by atoms with Crippen molar-refractivity contribution < 1.29 is 45.3 Å². The highest BCUT2D eigenvalue weighted by Crippen LogP contribution is 2.36. The van der Waals surface area contributed by atoms with Crippen molar-refractivity contribution in [3.8, 4) is 22.6 Å². The third-order valence-electron chi connectivity index (χ3n) is 5.05. The molecule has 1 heterocycles. The summed E-state index contributed by atoms with van der Waals surface area (Å²) in [5.74, 6) is 1.24. The molecule has 5 nitrogen and oxygen atoms in total. The third kappa shape index (κ3) is 6.45. The molecule has 0 saturated carbocycles. The SMILES string of the molecule is COc1cccc(-c2cccc(OC3CCN(C(=O)OC(C(F)(F)F)C(F)(F)F)CC3)c2)c1. The Morgan fingerprint density at radius 1 is 0.909 bits per heavy atom. The van der Waals surface area contributed by atoms with E-state index in [0.29, 0.717) is 11.5 Å². The van der Waals surface area contributed by atoms with Gasteiger partial charge in [-0.1, -0.05) is 24.3 Å².